The van der Waals surface area contributed by atoms with Gasteiger partial charge in [-0.1, -0.05) is 32.0 Å². The van der Waals surface area contributed by atoms with Crippen LogP contribution in [0.1, 0.15) is 38.2 Å². The van der Waals surface area contributed by atoms with Gasteiger partial charge in [-0.25, -0.2) is 0 Å². The first-order valence-corrected chi connectivity index (χ1v) is 9.22. The molecule has 1 aliphatic rings. The number of carbonyl (C=O) groups excluding carboxylic acids is 1. The van der Waals surface area contributed by atoms with E-state index in [0.29, 0.717) is 23.8 Å². The first-order valence-electron chi connectivity index (χ1n) is 9.22. The maximum absolute atomic E-state index is 11.7. The Morgan fingerprint density at radius 3 is 2.61 bits per heavy atom. The summed E-state index contributed by atoms with van der Waals surface area (Å²) >= 11 is 0. The molecule has 1 atom stereocenters. The number of nitrogens with zero attached hydrogens (tertiary/aromatic N) is 3. The van der Waals surface area contributed by atoms with Gasteiger partial charge in [-0.15, -0.1) is 0 Å². The van der Waals surface area contributed by atoms with Crippen molar-refractivity contribution in [1.29, 1.82) is 5.26 Å². The summed E-state index contributed by atoms with van der Waals surface area (Å²) < 4.78 is 10.8. The lowest BCUT2D eigenvalue weighted by Gasteiger charge is -2.23. The lowest BCUT2D eigenvalue weighted by molar-refractivity contribution is -0.140. The van der Waals surface area contributed by atoms with Crippen LogP contribution < -0.4 is 9.75 Å². The Balaban J connectivity index is 1.79. The molecular formula is C22H23N3O3. The van der Waals surface area contributed by atoms with Crippen LogP contribution in [-0.4, -0.2) is 24.8 Å². The molecule has 6 nitrogen and oxygen atoms in total. The third-order valence-corrected chi connectivity index (χ3v) is 4.63. The van der Waals surface area contributed by atoms with Crippen LogP contribution in [0.5, 0.6) is 11.5 Å². The molecule has 0 bridgehead atoms. The average Bonchev–Trinajstić information content (AvgIpc) is 3.11. The first kappa shape index (κ1) is 19.4. The number of carbonyl (C=O) groups is 1. The van der Waals surface area contributed by atoms with E-state index < -0.39 is 0 Å². The number of hydrogen-bond acceptors (Lipinski definition) is 6. The second kappa shape index (κ2) is 8.57. The number of nitriles is 1. The van der Waals surface area contributed by atoms with Crippen LogP contribution >= 0.6 is 0 Å². The molecule has 0 fully saturated rings. The van der Waals surface area contributed by atoms with Crippen LogP contribution in [0.2, 0.25) is 0 Å². The molecule has 0 N–H and O–H groups in total. The van der Waals surface area contributed by atoms with Crippen molar-refractivity contribution in [3.63, 3.8) is 0 Å². The molecule has 0 spiro atoms. The fraction of sp³-hybridized carbons (Fsp3) is 0.318. The quantitative estimate of drug-likeness (QED) is 0.687. The van der Waals surface area contributed by atoms with E-state index in [-0.39, 0.29) is 18.4 Å². The van der Waals surface area contributed by atoms with Gasteiger partial charge in [-0.3, -0.25) is 9.80 Å². The molecule has 0 amide bonds. The number of benzene rings is 2. The SMILES string of the molecule is COC(=O)CC1CC(C#N)=NN1c1ccc(Oc2ccccc2C(C)C)cc1. The summed E-state index contributed by atoms with van der Waals surface area (Å²) in [5, 5.41) is 15.2. The van der Waals surface area contributed by atoms with Gasteiger partial charge in [0.05, 0.1) is 25.3 Å². The maximum Gasteiger partial charge on any atom is 0.307 e. The van der Waals surface area contributed by atoms with Crippen molar-refractivity contribution in [2.75, 3.05) is 12.1 Å². The number of hydrogen-bond donors (Lipinski definition) is 0. The Bertz CT molecular complexity index is 913. The molecule has 0 saturated heterocycles. The first-order chi connectivity index (χ1) is 13.5. The highest BCUT2D eigenvalue weighted by Crippen LogP contribution is 2.32. The van der Waals surface area contributed by atoms with Crippen molar-refractivity contribution >= 4 is 17.4 Å². The van der Waals surface area contributed by atoms with Gasteiger partial charge in [0.2, 0.25) is 0 Å². The van der Waals surface area contributed by atoms with Gasteiger partial charge < -0.3 is 9.47 Å². The van der Waals surface area contributed by atoms with Gasteiger partial charge in [0.15, 0.2) is 0 Å². The third kappa shape index (κ3) is 4.32. The fourth-order valence-corrected chi connectivity index (χ4v) is 3.18. The van der Waals surface area contributed by atoms with Gasteiger partial charge in [-0.2, -0.15) is 10.4 Å². The largest absolute Gasteiger partial charge is 0.469 e. The van der Waals surface area contributed by atoms with Crippen LogP contribution in [0.3, 0.4) is 0 Å². The number of methoxy groups -OCH3 is 1. The summed E-state index contributed by atoms with van der Waals surface area (Å²) in [6, 6.07) is 17.3. The van der Waals surface area contributed by atoms with E-state index in [1.54, 1.807) is 5.01 Å². The molecule has 0 saturated carbocycles. The molecule has 28 heavy (non-hydrogen) atoms. The van der Waals surface area contributed by atoms with E-state index in [2.05, 4.69) is 31.1 Å². The smallest absolute Gasteiger partial charge is 0.307 e. The van der Waals surface area contributed by atoms with Crippen LogP contribution in [0.25, 0.3) is 0 Å². The van der Waals surface area contributed by atoms with E-state index in [1.165, 1.54) is 7.11 Å². The molecule has 3 rings (SSSR count). The maximum atomic E-state index is 11.7. The van der Waals surface area contributed by atoms with Crippen molar-refractivity contribution in [1.82, 2.24) is 0 Å². The molecule has 1 heterocycles. The highest BCUT2D eigenvalue weighted by atomic mass is 16.5. The molecule has 2 aromatic carbocycles. The summed E-state index contributed by atoms with van der Waals surface area (Å²) in [6.45, 7) is 4.26. The molecule has 6 heteroatoms. The van der Waals surface area contributed by atoms with Crippen molar-refractivity contribution in [3.8, 4) is 17.6 Å². The predicted molar refractivity (Wildman–Crippen MR) is 108 cm³/mol. The minimum absolute atomic E-state index is 0.172. The number of anilines is 1. The fourth-order valence-electron chi connectivity index (χ4n) is 3.18. The van der Waals surface area contributed by atoms with E-state index in [9.17, 15) is 10.1 Å². The van der Waals surface area contributed by atoms with E-state index >= 15 is 0 Å². The Labute approximate surface area is 165 Å². The number of rotatable bonds is 6. The highest BCUT2D eigenvalue weighted by molar-refractivity contribution is 6.01. The molecule has 144 valence electrons. The lowest BCUT2D eigenvalue weighted by atomic mass is 10.0. The number of para-hydroxylation sites is 1. The Hall–Kier alpha value is -3.33. The summed E-state index contributed by atoms with van der Waals surface area (Å²) in [5.41, 5.74) is 2.34. The van der Waals surface area contributed by atoms with Crippen molar-refractivity contribution < 1.29 is 14.3 Å². The van der Waals surface area contributed by atoms with Crippen LogP contribution in [0.4, 0.5) is 5.69 Å². The van der Waals surface area contributed by atoms with Crippen molar-refractivity contribution in [3.05, 3.63) is 54.1 Å². The zero-order chi connectivity index (χ0) is 20.1. The van der Waals surface area contributed by atoms with Gasteiger partial charge in [0.25, 0.3) is 0 Å². The summed E-state index contributed by atoms with van der Waals surface area (Å²) in [5.74, 6) is 1.58. The monoisotopic (exact) mass is 377 g/mol. The van der Waals surface area contributed by atoms with Crippen LogP contribution in [0.15, 0.2) is 53.6 Å². The third-order valence-electron chi connectivity index (χ3n) is 4.63. The summed E-state index contributed by atoms with van der Waals surface area (Å²) in [7, 11) is 1.36. The molecule has 0 aromatic heterocycles. The minimum Gasteiger partial charge on any atom is -0.469 e. The zero-order valence-electron chi connectivity index (χ0n) is 16.3. The Kier molecular flexibility index (Phi) is 5.95. The standard InChI is InChI=1S/C22H23N3O3/c1-15(2)20-6-4-5-7-21(20)28-19-10-8-17(9-11-19)25-18(13-22(26)27-3)12-16(14-23)24-25/h4-11,15,18H,12-13H2,1-3H3. The van der Waals surface area contributed by atoms with Gasteiger partial charge in [-0.05, 0) is 41.8 Å². The number of esters is 1. The summed E-state index contributed by atoms with van der Waals surface area (Å²) in [4.78, 5) is 11.7. The Morgan fingerprint density at radius 1 is 1.25 bits per heavy atom. The second-order valence-corrected chi connectivity index (χ2v) is 6.93. The molecular weight excluding hydrogens is 354 g/mol. The molecule has 1 aliphatic heterocycles. The van der Waals surface area contributed by atoms with Crippen LogP contribution in [-0.2, 0) is 9.53 Å². The highest BCUT2D eigenvalue weighted by Gasteiger charge is 2.30. The van der Waals surface area contributed by atoms with Crippen LogP contribution in [0, 0.1) is 11.3 Å². The van der Waals surface area contributed by atoms with Crippen molar-refractivity contribution in [2.24, 2.45) is 5.10 Å². The topological polar surface area (TPSA) is 74.9 Å². The zero-order valence-corrected chi connectivity index (χ0v) is 16.3. The summed E-state index contributed by atoms with van der Waals surface area (Å²) in [6.07, 6.45) is 0.594. The molecule has 1 unspecified atom stereocenters. The van der Waals surface area contributed by atoms with Gasteiger partial charge in [0, 0.05) is 6.42 Å². The van der Waals surface area contributed by atoms with Crippen molar-refractivity contribution in [2.45, 2.75) is 38.6 Å². The average molecular weight is 377 g/mol. The lowest BCUT2D eigenvalue weighted by Crippen LogP contribution is -2.29. The number of hydrazone groups is 1. The predicted octanol–water partition coefficient (Wildman–Crippen LogP) is 4.62. The Morgan fingerprint density at radius 2 is 1.96 bits per heavy atom. The number of ether oxygens (including phenoxy) is 2. The van der Waals surface area contributed by atoms with Gasteiger partial charge in [0.1, 0.15) is 23.3 Å². The minimum atomic E-state index is -0.324. The molecule has 2 aromatic rings. The second-order valence-electron chi connectivity index (χ2n) is 6.93. The van der Waals surface area contributed by atoms with E-state index in [4.69, 9.17) is 9.47 Å². The van der Waals surface area contributed by atoms with E-state index in [1.807, 2.05) is 42.5 Å². The molecule has 0 radical (unpaired) electrons. The molecule has 0 aliphatic carbocycles. The van der Waals surface area contributed by atoms with Gasteiger partial charge >= 0.3 is 5.97 Å². The van der Waals surface area contributed by atoms with E-state index in [0.717, 1.165) is 17.0 Å². The normalized spacial score (nSPS) is 15.9.